The molecule has 0 unspecified atom stereocenters. The van der Waals surface area contributed by atoms with Gasteiger partial charge in [-0.15, -0.1) is 0 Å². The van der Waals surface area contributed by atoms with Gasteiger partial charge in [0.2, 0.25) is 0 Å². The van der Waals surface area contributed by atoms with Crippen molar-refractivity contribution in [1.82, 2.24) is 10.0 Å². The standard InChI is InChI=1S/C9H9NO5S.C4H11N/c1-14-5-3-6(15-2)8-7(4-5)16(12,13)10-9(8)11;1-3-5-4-2/h3-4H,1-2H3,(H,10,11);5H,3-4H2,1-2H3. The fourth-order valence-corrected chi connectivity index (χ4v) is 2.95. The summed E-state index contributed by atoms with van der Waals surface area (Å²) in [6.45, 7) is 6.39. The van der Waals surface area contributed by atoms with Gasteiger partial charge in [0, 0.05) is 12.1 Å². The third-order valence-corrected chi connectivity index (χ3v) is 4.09. The quantitative estimate of drug-likeness (QED) is 0.851. The first-order chi connectivity index (χ1) is 9.91. The summed E-state index contributed by atoms with van der Waals surface area (Å²) < 4.78 is 34.9. The van der Waals surface area contributed by atoms with Crippen molar-refractivity contribution in [1.29, 1.82) is 0 Å². The second kappa shape index (κ2) is 7.28. The van der Waals surface area contributed by atoms with Gasteiger partial charge >= 0.3 is 0 Å². The lowest BCUT2D eigenvalue weighted by Crippen LogP contribution is -2.20. The first kappa shape index (κ1) is 17.3. The van der Waals surface area contributed by atoms with Crippen molar-refractivity contribution < 1.29 is 22.7 Å². The number of sulfonamides is 1. The van der Waals surface area contributed by atoms with Crippen molar-refractivity contribution in [3.05, 3.63) is 17.7 Å². The average Bonchev–Trinajstić information content (AvgIpc) is 2.69. The van der Waals surface area contributed by atoms with Gasteiger partial charge in [0.15, 0.2) is 0 Å². The Labute approximate surface area is 124 Å². The summed E-state index contributed by atoms with van der Waals surface area (Å²) in [5.41, 5.74) is 0.0169. The molecule has 0 radical (unpaired) electrons. The van der Waals surface area contributed by atoms with Crippen LogP contribution in [0.1, 0.15) is 24.2 Å². The van der Waals surface area contributed by atoms with Crippen molar-refractivity contribution in [2.45, 2.75) is 18.7 Å². The van der Waals surface area contributed by atoms with E-state index in [1.54, 1.807) is 0 Å². The molecule has 0 saturated carbocycles. The molecule has 0 fully saturated rings. The Hall–Kier alpha value is -1.80. The highest BCUT2D eigenvalue weighted by Gasteiger charge is 2.36. The molecule has 7 nitrogen and oxygen atoms in total. The van der Waals surface area contributed by atoms with E-state index in [2.05, 4.69) is 19.2 Å². The number of amides is 1. The van der Waals surface area contributed by atoms with Crippen LogP contribution in [0.5, 0.6) is 11.5 Å². The van der Waals surface area contributed by atoms with Gasteiger partial charge < -0.3 is 14.8 Å². The van der Waals surface area contributed by atoms with Crippen LogP contribution in [0.2, 0.25) is 0 Å². The van der Waals surface area contributed by atoms with Gasteiger partial charge in [-0.25, -0.2) is 13.1 Å². The molecule has 1 heterocycles. The number of benzene rings is 1. The fourth-order valence-electron chi connectivity index (χ4n) is 1.76. The van der Waals surface area contributed by atoms with Gasteiger partial charge in [0.25, 0.3) is 15.9 Å². The van der Waals surface area contributed by atoms with Crippen LogP contribution in [-0.4, -0.2) is 41.6 Å². The van der Waals surface area contributed by atoms with Crippen LogP contribution in [0, 0.1) is 0 Å². The van der Waals surface area contributed by atoms with E-state index < -0.39 is 15.9 Å². The van der Waals surface area contributed by atoms with Gasteiger partial charge in [0.05, 0.1) is 14.2 Å². The first-order valence-electron chi connectivity index (χ1n) is 6.45. The minimum absolute atomic E-state index is 0.0169. The van der Waals surface area contributed by atoms with E-state index in [4.69, 9.17) is 9.47 Å². The Morgan fingerprint density at radius 3 is 2.19 bits per heavy atom. The number of carbonyl (C=O) groups is 1. The molecule has 0 aromatic heterocycles. The van der Waals surface area contributed by atoms with Gasteiger partial charge in [-0.1, -0.05) is 13.8 Å². The van der Waals surface area contributed by atoms with E-state index in [1.165, 1.54) is 26.4 Å². The number of carbonyl (C=O) groups excluding carboxylic acids is 1. The molecule has 0 bridgehead atoms. The molecule has 0 spiro atoms. The van der Waals surface area contributed by atoms with Crippen molar-refractivity contribution in [2.24, 2.45) is 0 Å². The molecule has 2 N–H and O–H groups in total. The molecule has 1 aliphatic rings. The monoisotopic (exact) mass is 316 g/mol. The summed E-state index contributed by atoms with van der Waals surface area (Å²) in [5, 5.41) is 3.11. The van der Waals surface area contributed by atoms with Crippen molar-refractivity contribution in [3.63, 3.8) is 0 Å². The topological polar surface area (TPSA) is 93.7 Å². The molecular formula is C13H20N2O5S. The Balaban J connectivity index is 0.000000383. The van der Waals surface area contributed by atoms with Crippen LogP contribution < -0.4 is 19.5 Å². The number of nitrogens with one attached hydrogen (secondary N) is 2. The predicted octanol–water partition coefficient (Wildman–Crippen LogP) is 0.752. The Bertz CT molecular complexity index is 611. The SMILES string of the molecule is CCNCC.COc1cc(OC)c2c(c1)S(=O)(=O)NC2=O. The van der Waals surface area contributed by atoms with Crippen LogP contribution in [0.3, 0.4) is 0 Å². The second-order valence-corrected chi connectivity index (χ2v) is 5.75. The molecule has 0 atom stereocenters. The van der Waals surface area contributed by atoms with Crippen LogP contribution in [0.4, 0.5) is 0 Å². The second-order valence-electron chi connectivity index (χ2n) is 4.09. The zero-order valence-electron chi connectivity index (χ0n) is 12.5. The number of hydrogen-bond acceptors (Lipinski definition) is 6. The van der Waals surface area contributed by atoms with E-state index in [0.717, 1.165) is 13.1 Å². The number of fused-ring (bicyclic) bond motifs is 1. The Morgan fingerprint density at radius 2 is 1.76 bits per heavy atom. The molecule has 1 aromatic rings. The van der Waals surface area contributed by atoms with Gasteiger partial charge in [-0.05, 0) is 13.1 Å². The molecule has 21 heavy (non-hydrogen) atoms. The minimum atomic E-state index is -3.78. The lowest BCUT2D eigenvalue weighted by atomic mass is 10.2. The van der Waals surface area contributed by atoms with Gasteiger partial charge in [0.1, 0.15) is 22.0 Å². The van der Waals surface area contributed by atoms with E-state index in [-0.39, 0.29) is 16.2 Å². The highest BCUT2D eigenvalue weighted by molar-refractivity contribution is 7.90. The maximum Gasteiger partial charge on any atom is 0.270 e. The molecule has 118 valence electrons. The number of rotatable bonds is 4. The molecule has 1 amide bonds. The lowest BCUT2D eigenvalue weighted by molar-refractivity contribution is 0.0982. The molecule has 1 aromatic carbocycles. The maximum atomic E-state index is 11.6. The molecule has 1 aliphatic heterocycles. The fraction of sp³-hybridized carbons (Fsp3) is 0.462. The summed E-state index contributed by atoms with van der Waals surface area (Å²) in [6.07, 6.45) is 0. The summed E-state index contributed by atoms with van der Waals surface area (Å²) in [5.74, 6) is -0.196. The lowest BCUT2D eigenvalue weighted by Gasteiger charge is -2.06. The van der Waals surface area contributed by atoms with Gasteiger partial charge in [-0.2, -0.15) is 0 Å². The smallest absolute Gasteiger partial charge is 0.270 e. The minimum Gasteiger partial charge on any atom is -0.497 e. The predicted molar refractivity (Wildman–Crippen MR) is 78.4 cm³/mol. The molecule has 0 aliphatic carbocycles. The maximum absolute atomic E-state index is 11.6. The van der Waals surface area contributed by atoms with Gasteiger partial charge in [-0.3, -0.25) is 4.79 Å². The van der Waals surface area contributed by atoms with E-state index in [9.17, 15) is 13.2 Å². The Morgan fingerprint density at radius 1 is 1.14 bits per heavy atom. The first-order valence-corrected chi connectivity index (χ1v) is 7.93. The summed E-state index contributed by atoms with van der Waals surface area (Å²) in [6, 6.07) is 2.74. The van der Waals surface area contributed by atoms with Crippen molar-refractivity contribution in [3.8, 4) is 11.5 Å². The molecule has 0 saturated heterocycles. The number of methoxy groups -OCH3 is 2. The third-order valence-electron chi connectivity index (χ3n) is 2.74. The third kappa shape index (κ3) is 3.85. The normalized spacial score (nSPS) is 14.6. The van der Waals surface area contributed by atoms with Crippen LogP contribution in [-0.2, 0) is 10.0 Å². The summed E-state index contributed by atoms with van der Waals surface area (Å²) >= 11 is 0. The van der Waals surface area contributed by atoms with E-state index in [0.29, 0.717) is 5.75 Å². The zero-order valence-corrected chi connectivity index (χ0v) is 13.3. The number of ether oxygens (including phenoxy) is 2. The zero-order chi connectivity index (χ0) is 16.0. The summed E-state index contributed by atoms with van der Waals surface area (Å²) in [7, 11) is -1.02. The average molecular weight is 316 g/mol. The molecule has 2 rings (SSSR count). The molecule has 8 heteroatoms. The van der Waals surface area contributed by atoms with Crippen molar-refractivity contribution in [2.75, 3.05) is 27.3 Å². The van der Waals surface area contributed by atoms with Crippen LogP contribution in [0.15, 0.2) is 17.0 Å². The highest BCUT2D eigenvalue weighted by Crippen LogP contribution is 2.34. The molecular weight excluding hydrogens is 296 g/mol. The largest absolute Gasteiger partial charge is 0.497 e. The van der Waals surface area contributed by atoms with Crippen molar-refractivity contribution >= 4 is 15.9 Å². The Kier molecular flexibility index (Phi) is 5.98. The highest BCUT2D eigenvalue weighted by atomic mass is 32.2. The van der Waals surface area contributed by atoms with E-state index >= 15 is 0 Å². The number of hydrogen-bond donors (Lipinski definition) is 2. The summed E-state index contributed by atoms with van der Waals surface area (Å²) in [4.78, 5) is 11.3. The van der Waals surface area contributed by atoms with E-state index in [1.807, 2.05) is 4.72 Å². The van der Waals surface area contributed by atoms with Crippen LogP contribution in [0.25, 0.3) is 0 Å². The van der Waals surface area contributed by atoms with Crippen LogP contribution >= 0.6 is 0 Å².